The number of hydrogen-bond donors (Lipinski definition) is 1. The normalized spacial score (nSPS) is 10.1. The van der Waals surface area contributed by atoms with E-state index in [0.29, 0.717) is 6.42 Å². The molecule has 0 aliphatic rings. The van der Waals surface area contributed by atoms with Gasteiger partial charge < -0.3 is 15.0 Å². The highest BCUT2D eigenvalue weighted by molar-refractivity contribution is 5.78. The molecular weight excluding hydrogens is 216 g/mol. The number of carbonyl (C=O) groups is 1. The highest BCUT2D eigenvalue weighted by Crippen LogP contribution is 2.13. The lowest BCUT2D eigenvalue weighted by atomic mass is 10.1. The zero-order valence-electron chi connectivity index (χ0n) is 10.7. The Balaban J connectivity index is 2.54. The SMILES string of the molecule is CNCCN(C)C(=O)Cc1cccc(OC)c1. The zero-order valence-corrected chi connectivity index (χ0v) is 10.7. The number of nitrogens with one attached hydrogen (secondary N) is 1. The van der Waals surface area contributed by atoms with Gasteiger partial charge in [0, 0.05) is 20.1 Å². The van der Waals surface area contributed by atoms with Crippen molar-refractivity contribution >= 4 is 5.91 Å². The molecule has 0 atom stereocenters. The monoisotopic (exact) mass is 236 g/mol. The molecule has 0 radical (unpaired) electrons. The second-order valence-electron chi connectivity index (χ2n) is 3.95. The molecule has 0 spiro atoms. The number of carbonyl (C=O) groups excluding carboxylic acids is 1. The molecule has 0 saturated carbocycles. The summed E-state index contributed by atoms with van der Waals surface area (Å²) >= 11 is 0. The lowest BCUT2D eigenvalue weighted by Crippen LogP contribution is -2.33. The smallest absolute Gasteiger partial charge is 0.226 e. The summed E-state index contributed by atoms with van der Waals surface area (Å²) in [5.74, 6) is 0.904. The average molecular weight is 236 g/mol. The molecule has 0 saturated heterocycles. The summed E-state index contributed by atoms with van der Waals surface area (Å²) in [6.45, 7) is 1.53. The van der Waals surface area contributed by atoms with Crippen LogP contribution in [0, 0.1) is 0 Å². The highest BCUT2D eigenvalue weighted by atomic mass is 16.5. The van der Waals surface area contributed by atoms with Gasteiger partial charge in [0.25, 0.3) is 0 Å². The van der Waals surface area contributed by atoms with E-state index in [1.807, 2.05) is 38.4 Å². The van der Waals surface area contributed by atoms with E-state index in [9.17, 15) is 4.79 Å². The van der Waals surface area contributed by atoms with Crippen molar-refractivity contribution in [2.45, 2.75) is 6.42 Å². The molecule has 1 aromatic carbocycles. The number of likely N-dealkylation sites (N-methyl/N-ethyl adjacent to an activating group) is 2. The fraction of sp³-hybridized carbons (Fsp3) is 0.462. The van der Waals surface area contributed by atoms with E-state index in [1.54, 1.807) is 12.0 Å². The average Bonchev–Trinajstić information content (AvgIpc) is 2.36. The maximum Gasteiger partial charge on any atom is 0.226 e. The highest BCUT2D eigenvalue weighted by Gasteiger charge is 2.09. The molecular formula is C13H20N2O2. The summed E-state index contributed by atoms with van der Waals surface area (Å²) in [6.07, 6.45) is 0.414. The summed E-state index contributed by atoms with van der Waals surface area (Å²) in [5.41, 5.74) is 0.977. The van der Waals surface area contributed by atoms with Gasteiger partial charge in [-0.05, 0) is 24.7 Å². The van der Waals surface area contributed by atoms with Gasteiger partial charge in [0.05, 0.1) is 13.5 Å². The summed E-state index contributed by atoms with van der Waals surface area (Å²) < 4.78 is 5.13. The van der Waals surface area contributed by atoms with Crippen molar-refractivity contribution in [3.8, 4) is 5.75 Å². The zero-order chi connectivity index (χ0) is 12.7. The number of amides is 1. The molecule has 4 nitrogen and oxygen atoms in total. The Labute approximate surface area is 103 Å². The van der Waals surface area contributed by atoms with Crippen molar-refractivity contribution < 1.29 is 9.53 Å². The summed E-state index contributed by atoms with van der Waals surface area (Å²) in [7, 11) is 5.32. The quantitative estimate of drug-likeness (QED) is 0.798. The van der Waals surface area contributed by atoms with Gasteiger partial charge in [0.2, 0.25) is 5.91 Å². The molecule has 0 aliphatic carbocycles. The standard InChI is InChI=1S/C13H20N2O2/c1-14-7-8-15(2)13(16)10-11-5-4-6-12(9-11)17-3/h4-6,9,14H,7-8,10H2,1-3H3. The molecule has 1 amide bonds. The van der Waals surface area contributed by atoms with E-state index in [1.165, 1.54) is 0 Å². The van der Waals surface area contributed by atoms with Crippen molar-refractivity contribution in [2.75, 3.05) is 34.3 Å². The van der Waals surface area contributed by atoms with E-state index in [-0.39, 0.29) is 5.91 Å². The third kappa shape index (κ3) is 4.44. The van der Waals surface area contributed by atoms with Crippen LogP contribution in [0.25, 0.3) is 0 Å². The van der Waals surface area contributed by atoms with Crippen LogP contribution in [0.15, 0.2) is 24.3 Å². The number of rotatable bonds is 6. The minimum atomic E-state index is 0.119. The van der Waals surface area contributed by atoms with Crippen molar-refractivity contribution in [3.05, 3.63) is 29.8 Å². The van der Waals surface area contributed by atoms with Crippen molar-refractivity contribution in [1.82, 2.24) is 10.2 Å². The molecule has 0 unspecified atom stereocenters. The van der Waals surface area contributed by atoms with Crippen LogP contribution in [-0.2, 0) is 11.2 Å². The topological polar surface area (TPSA) is 41.6 Å². The molecule has 0 bridgehead atoms. The Morgan fingerprint density at radius 2 is 2.24 bits per heavy atom. The predicted molar refractivity (Wildman–Crippen MR) is 68.3 cm³/mol. The first-order valence-corrected chi connectivity index (χ1v) is 5.69. The lowest BCUT2D eigenvalue weighted by molar-refractivity contribution is -0.129. The van der Waals surface area contributed by atoms with Gasteiger partial charge in [-0.3, -0.25) is 4.79 Å². The lowest BCUT2D eigenvalue weighted by Gasteiger charge is -2.17. The largest absolute Gasteiger partial charge is 0.497 e. The molecule has 94 valence electrons. The first kappa shape index (κ1) is 13.5. The summed E-state index contributed by atoms with van der Waals surface area (Å²) in [6, 6.07) is 7.60. The summed E-state index contributed by atoms with van der Waals surface area (Å²) in [5, 5.41) is 3.02. The molecule has 1 rings (SSSR count). The number of hydrogen-bond acceptors (Lipinski definition) is 3. The Morgan fingerprint density at radius 3 is 2.88 bits per heavy atom. The van der Waals surface area contributed by atoms with Gasteiger partial charge in [-0.2, -0.15) is 0 Å². The Morgan fingerprint density at radius 1 is 1.47 bits per heavy atom. The Bertz CT molecular complexity index is 366. The second kappa shape index (κ2) is 6.91. The number of nitrogens with zero attached hydrogens (tertiary/aromatic N) is 1. The van der Waals surface area contributed by atoms with Gasteiger partial charge in [-0.25, -0.2) is 0 Å². The van der Waals surface area contributed by atoms with Crippen molar-refractivity contribution in [1.29, 1.82) is 0 Å². The van der Waals surface area contributed by atoms with Crippen LogP contribution in [-0.4, -0.2) is 45.1 Å². The predicted octanol–water partition coefficient (Wildman–Crippen LogP) is 0.915. The van der Waals surface area contributed by atoms with Gasteiger partial charge in [-0.15, -0.1) is 0 Å². The molecule has 0 fully saturated rings. The molecule has 1 N–H and O–H groups in total. The van der Waals surface area contributed by atoms with Gasteiger partial charge in [0.1, 0.15) is 5.75 Å². The van der Waals surface area contributed by atoms with Crippen molar-refractivity contribution in [2.24, 2.45) is 0 Å². The number of benzene rings is 1. The van der Waals surface area contributed by atoms with E-state index >= 15 is 0 Å². The first-order chi connectivity index (χ1) is 8.17. The fourth-order valence-electron chi connectivity index (χ4n) is 1.50. The van der Waals surface area contributed by atoms with Crippen molar-refractivity contribution in [3.63, 3.8) is 0 Å². The fourth-order valence-corrected chi connectivity index (χ4v) is 1.50. The first-order valence-electron chi connectivity index (χ1n) is 5.69. The van der Waals surface area contributed by atoms with Crippen LogP contribution in [0.5, 0.6) is 5.75 Å². The van der Waals surface area contributed by atoms with E-state index in [2.05, 4.69) is 5.32 Å². The van der Waals surface area contributed by atoms with Crippen LogP contribution < -0.4 is 10.1 Å². The number of methoxy groups -OCH3 is 1. The molecule has 1 aromatic rings. The van der Waals surface area contributed by atoms with Crippen LogP contribution in [0.1, 0.15) is 5.56 Å². The summed E-state index contributed by atoms with van der Waals surface area (Å²) in [4.78, 5) is 13.6. The third-order valence-electron chi connectivity index (χ3n) is 2.61. The molecule has 17 heavy (non-hydrogen) atoms. The van der Waals surface area contributed by atoms with Gasteiger partial charge >= 0.3 is 0 Å². The number of ether oxygens (including phenoxy) is 1. The van der Waals surface area contributed by atoms with Crippen LogP contribution in [0.3, 0.4) is 0 Å². The van der Waals surface area contributed by atoms with E-state index in [4.69, 9.17) is 4.74 Å². The third-order valence-corrected chi connectivity index (χ3v) is 2.61. The molecule has 4 heteroatoms. The second-order valence-corrected chi connectivity index (χ2v) is 3.95. The molecule has 0 heterocycles. The van der Waals surface area contributed by atoms with Crippen LogP contribution in [0.2, 0.25) is 0 Å². The van der Waals surface area contributed by atoms with E-state index < -0.39 is 0 Å². The molecule has 0 aliphatic heterocycles. The molecule has 0 aromatic heterocycles. The van der Waals surface area contributed by atoms with Gasteiger partial charge in [0.15, 0.2) is 0 Å². The minimum absolute atomic E-state index is 0.119. The minimum Gasteiger partial charge on any atom is -0.497 e. The maximum atomic E-state index is 11.9. The van der Waals surface area contributed by atoms with Crippen LogP contribution >= 0.6 is 0 Å². The Hall–Kier alpha value is -1.55. The Kier molecular flexibility index (Phi) is 5.49. The van der Waals surface area contributed by atoms with Gasteiger partial charge in [-0.1, -0.05) is 12.1 Å². The maximum absolute atomic E-state index is 11.9. The van der Waals surface area contributed by atoms with Crippen LogP contribution in [0.4, 0.5) is 0 Å². The van der Waals surface area contributed by atoms with E-state index in [0.717, 1.165) is 24.4 Å².